The van der Waals surface area contributed by atoms with E-state index >= 15 is 0 Å². The molecule has 0 radical (unpaired) electrons. The minimum atomic E-state index is -0.975. The van der Waals surface area contributed by atoms with Crippen LogP contribution in [-0.2, 0) is 14.4 Å². The van der Waals surface area contributed by atoms with Crippen molar-refractivity contribution in [2.45, 2.75) is 51.7 Å². The van der Waals surface area contributed by atoms with E-state index in [4.69, 9.17) is 5.11 Å². The van der Waals surface area contributed by atoms with Crippen LogP contribution in [0.4, 0.5) is 0 Å². The molecule has 0 spiro atoms. The van der Waals surface area contributed by atoms with Crippen molar-refractivity contribution in [2.75, 3.05) is 7.05 Å². The third-order valence-corrected chi connectivity index (χ3v) is 3.75. The molecule has 1 rings (SSSR count). The number of rotatable bonds is 6. The van der Waals surface area contributed by atoms with Gasteiger partial charge in [-0.2, -0.15) is 0 Å². The number of amides is 2. The standard InChI is InChI=1S/C14H25N3O4.ClH/c1-7(2)5-10(16-8(3)18)12-9(13(19)15-4)6-11(17-12)14(20)21;/h7,9-12,17H,5-6H2,1-4H3,(H,15,19)(H,16,18)(H,20,21);1H/t9-,10+,11-,12-;/m1./s1. The van der Waals surface area contributed by atoms with Crippen molar-refractivity contribution >= 4 is 30.2 Å². The first-order valence-corrected chi connectivity index (χ1v) is 7.23. The first kappa shape index (κ1) is 20.7. The molecule has 0 unspecified atom stereocenters. The summed E-state index contributed by atoms with van der Waals surface area (Å²) in [5.74, 6) is -1.51. The summed E-state index contributed by atoms with van der Waals surface area (Å²) < 4.78 is 0. The van der Waals surface area contributed by atoms with Crippen LogP contribution in [0.1, 0.15) is 33.6 Å². The Bertz CT molecular complexity index is 417. The van der Waals surface area contributed by atoms with Crippen LogP contribution in [-0.4, -0.2) is 48.1 Å². The number of hydrogen-bond acceptors (Lipinski definition) is 4. The van der Waals surface area contributed by atoms with Gasteiger partial charge in [0.15, 0.2) is 0 Å². The van der Waals surface area contributed by atoms with Crippen molar-refractivity contribution in [1.82, 2.24) is 16.0 Å². The zero-order valence-electron chi connectivity index (χ0n) is 13.4. The molecule has 4 N–H and O–H groups in total. The number of carboxylic acids is 1. The van der Waals surface area contributed by atoms with E-state index in [1.54, 1.807) is 0 Å². The third kappa shape index (κ3) is 5.46. The molecule has 0 bridgehead atoms. The lowest BCUT2D eigenvalue weighted by molar-refractivity contribution is -0.139. The fourth-order valence-corrected chi connectivity index (χ4v) is 2.91. The van der Waals surface area contributed by atoms with E-state index in [2.05, 4.69) is 16.0 Å². The van der Waals surface area contributed by atoms with E-state index in [0.717, 1.165) is 0 Å². The summed E-state index contributed by atoms with van der Waals surface area (Å²) in [6.07, 6.45) is 0.908. The van der Waals surface area contributed by atoms with E-state index in [1.165, 1.54) is 14.0 Å². The fourth-order valence-electron chi connectivity index (χ4n) is 2.91. The second-order valence-corrected chi connectivity index (χ2v) is 5.98. The van der Waals surface area contributed by atoms with Crippen molar-refractivity contribution in [2.24, 2.45) is 11.8 Å². The largest absolute Gasteiger partial charge is 0.480 e. The third-order valence-electron chi connectivity index (χ3n) is 3.75. The summed E-state index contributed by atoms with van der Waals surface area (Å²) in [7, 11) is 1.53. The summed E-state index contributed by atoms with van der Waals surface area (Å²) in [4.78, 5) is 34.6. The molecule has 4 atom stereocenters. The summed E-state index contributed by atoms with van der Waals surface area (Å²) >= 11 is 0. The maximum Gasteiger partial charge on any atom is 0.320 e. The van der Waals surface area contributed by atoms with Crippen LogP contribution >= 0.6 is 12.4 Å². The average molecular weight is 336 g/mol. The van der Waals surface area contributed by atoms with E-state index in [-0.39, 0.29) is 42.7 Å². The lowest BCUT2D eigenvalue weighted by Crippen LogP contribution is -2.53. The Morgan fingerprint density at radius 1 is 1.32 bits per heavy atom. The smallest absolute Gasteiger partial charge is 0.320 e. The number of carbonyl (C=O) groups excluding carboxylic acids is 2. The molecule has 2 amide bonds. The topological polar surface area (TPSA) is 108 Å². The summed E-state index contributed by atoms with van der Waals surface area (Å²) in [6, 6.07) is -1.41. The van der Waals surface area contributed by atoms with Crippen LogP contribution in [0, 0.1) is 11.8 Å². The molecule has 0 saturated carbocycles. The van der Waals surface area contributed by atoms with Gasteiger partial charge in [0.05, 0.1) is 5.92 Å². The van der Waals surface area contributed by atoms with Crippen LogP contribution < -0.4 is 16.0 Å². The molecule has 0 aromatic carbocycles. The Morgan fingerprint density at radius 3 is 2.32 bits per heavy atom. The van der Waals surface area contributed by atoms with Gasteiger partial charge in [-0.1, -0.05) is 13.8 Å². The zero-order valence-corrected chi connectivity index (χ0v) is 14.2. The highest BCUT2D eigenvalue weighted by atomic mass is 35.5. The fraction of sp³-hybridized carbons (Fsp3) is 0.786. The van der Waals surface area contributed by atoms with E-state index in [1.807, 2.05) is 13.8 Å². The van der Waals surface area contributed by atoms with Crippen molar-refractivity contribution in [1.29, 1.82) is 0 Å². The van der Waals surface area contributed by atoms with Gasteiger partial charge < -0.3 is 15.7 Å². The highest BCUT2D eigenvalue weighted by molar-refractivity contribution is 5.85. The Hall–Kier alpha value is -1.34. The zero-order chi connectivity index (χ0) is 16.2. The monoisotopic (exact) mass is 335 g/mol. The van der Waals surface area contributed by atoms with E-state index in [0.29, 0.717) is 12.3 Å². The number of carbonyl (C=O) groups is 3. The van der Waals surface area contributed by atoms with Gasteiger partial charge in [0, 0.05) is 26.1 Å². The normalized spacial score (nSPS) is 25.2. The number of aliphatic carboxylic acids is 1. The Labute approximate surface area is 137 Å². The molecule has 7 nitrogen and oxygen atoms in total. The highest BCUT2D eigenvalue weighted by Crippen LogP contribution is 2.26. The van der Waals surface area contributed by atoms with Crippen molar-refractivity contribution in [3.63, 3.8) is 0 Å². The minimum Gasteiger partial charge on any atom is -0.480 e. The van der Waals surface area contributed by atoms with Gasteiger partial charge in [-0.25, -0.2) is 0 Å². The quantitative estimate of drug-likeness (QED) is 0.552. The maximum atomic E-state index is 12.0. The van der Waals surface area contributed by atoms with Crippen molar-refractivity contribution < 1.29 is 19.5 Å². The molecule has 0 aromatic rings. The highest BCUT2D eigenvalue weighted by Gasteiger charge is 2.44. The molecule has 1 heterocycles. The summed E-state index contributed by atoms with van der Waals surface area (Å²) in [5.41, 5.74) is 0. The molecular weight excluding hydrogens is 310 g/mol. The van der Waals surface area contributed by atoms with Gasteiger partial charge in [0.25, 0.3) is 0 Å². The molecule has 0 aliphatic carbocycles. The SMILES string of the molecule is CNC(=O)[C@@H]1C[C@H](C(=O)O)N[C@H]1[C@H](CC(C)C)NC(C)=O.Cl. The van der Waals surface area contributed by atoms with Gasteiger partial charge in [-0.3, -0.25) is 19.7 Å². The molecule has 22 heavy (non-hydrogen) atoms. The molecule has 0 aromatic heterocycles. The van der Waals surface area contributed by atoms with Crippen LogP contribution in [0.15, 0.2) is 0 Å². The van der Waals surface area contributed by atoms with E-state index in [9.17, 15) is 14.4 Å². The maximum absolute atomic E-state index is 12.0. The molecule has 1 fully saturated rings. The van der Waals surface area contributed by atoms with Gasteiger partial charge >= 0.3 is 5.97 Å². The molecule has 1 aliphatic heterocycles. The lowest BCUT2D eigenvalue weighted by atomic mass is 9.88. The Morgan fingerprint density at radius 2 is 1.91 bits per heavy atom. The minimum absolute atomic E-state index is 0. The number of halogens is 1. The predicted molar refractivity (Wildman–Crippen MR) is 84.8 cm³/mol. The Kier molecular flexibility index (Phi) is 8.40. The number of carboxylic acid groups (broad SMARTS) is 1. The lowest BCUT2D eigenvalue weighted by Gasteiger charge is -2.29. The summed E-state index contributed by atoms with van der Waals surface area (Å²) in [5, 5.41) is 17.6. The van der Waals surface area contributed by atoms with Gasteiger partial charge in [0.1, 0.15) is 6.04 Å². The van der Waals surface area contributed by atoms with Crippen LogP contribution in [0.2, 0.25) is 0 Å². The second kappa shape index (κ2) is 8.95. The second-order valence-electron chi connectivity index (χ2n) is 5.98. The first-order valence-electron chi connectivity index (χ1n) is 7.23. The van der Waals surface area contributed by atoms with Crippen molar-refractivity contribution in [3.05, 3.63) is 0 Å². The molecule has 128 valence electrons. The number of nitrogens with one attached hydrogen (secondary N) is 3. The first-order chi connectivity index (χ1) is 9.76. The Balaban J connectivity index is 0.00000441. The van der Waals surface area contributed by atoms with Crippen LogP contribution in [0.3, 0.4) is 0 Å². The molecular formula is C14H26ClN3O4. The van der Waals surface area contributed by atoms with E-state index < -0.39 is 17.9 Å². The molecule has 1 saturated heterocycles. The average Bonchev–Trinajstić information content (AvgIpc) is 2.81. The van der Waals surface area contributed by atoms with Crippen molar-refractivity contribution in [3.8, 4) is 0 Å². The molecule has 1 aliphatic rings. The van der Waals surface area contributed by atoms with Crippen LogP contribution in [0.25, 0.3) is 0 Å². The van der Waals surface area contributed by atoms with Gasteiger partial charge in [-0.05, 0) is 18.8 Å². The summed E-state index contributed by atoms with van der Waals surface area (Å²) in [6.45, 7) is 5.46. The molecule has 8 heteroatoms. The van der Waals surface area contributed by atoms with Gasteiger partial charge in [-0.15, -0.1) is 12.4 Å². The number of hydrogen-bond donors (Lipinski definition) is 4. The van der Waals surface area contributed by atoms with Gasteiger partial charge in [0.2, 0.25) is 11.8 Å². The van der Waals surface area contributed by atoms with Crippen LogP contribution in [0.5, 0.6) is 0 Å². The predicted octanol–water partition coefficient (Wildman–Crippen LogP) is 0.136.